The highest BCUT2D eigenvalue weighted by Gasteiger charge is 1.92. The van der Waals surface area contributed by atoms with Gasteiger partial charge in [0, 0.05) is 4.24 Å². The molecule has 0 rings (SSSR count). The summed E-state index contributed by atoms with van der Waals surface area (Å²) in [6, 6.07) is 0. The van der Waals surface area contributed by atoms with Crippen molar-refractivity contribution in [2.75, 3.05) is 12.5 Å². The first kappa shape index (κ1) is 9.44. The maximum Gasteiger partial charge on any atom is 0.0357 e. The molecule has 0 spiro atoms. The largest absolute Gasteiger partial charge is 0.123 e. The standard InChI is InChI=1S/C7H14S2/c1-6(2)5-7(8-3)9-4/h5-6H,1-4H3. The molecule has 0 aliphatic heterocycles. The van der Waals surface area contributed by atoms with Crippen molar-refractivity contribution < 1.29 is 0 Å². The van der Waals surface area contributed by atoms with E-state index in [0.717, 1.165) is 0 Å². The van der Waals surface area contributed by atoms with Crippen LogP contribution in [0.2, 0.25) is 0 Å². The molecule has 0 N–H and O–H groups in total. The number of rotatable bonds is 3. The van der Waals surface area contributed by atoms with Crippen LogP contribution in [-0.4, -0.2) is 12.5 Å². The summed E-state index contributed by atoms with van der Waals surface area (Å²) >= 11 is 3.64. The zero-order chi connectivity index (χ0) is 7.28. The molecule has 0 aromatic rings. The minimum atomic E-state index is 0.680. The van der Waals surface area contributed by atoms with E-state index in [9.17, 15) is 0 Å². The molecule has 0 saturated heterocycles. The predicted octanol–water partition coefficient (Wildman–Crippen LogP) is 3.21. The summed E-state index contributed by atoms with van der Waals surface area (Å²) in [5.74, 6) is 0.680. The van der Waals surface area contributed by atoms with Crippen LogP contribution in [0.3, 0.4) is 0 Å². The van der Waals surface area contributed by atoms with Crippen LogP contribution in [0.5, 0.6) is 0 Å². The molecule has 0 aromatic carbocycles. The lowest BCUT2D eigenvalue weighted by atomic mass is 10.2. The van der Waals surface area contributed by atoms with Gasteiger partial charge in [-0.2, -0.15) is 0 Å². The van der Waals surface area contributed by atoms with Gasteiger partial charge in [-0.3, -0.25) is 0 Å². The monoisotopic (exact) mass is 162 g/mol. The van der Waals surface area contributed by atoms with Gasteiger partial charge >= 0.3 is 0 Å². The smallest absolute Gasteiger partial charge is 0.0357 e. The summed E-state index contributed by atoms with van der Waals surface area (Å²) in [7, 11) is 0. The lowest BCUT2D eigenvalue weighted by Gasteiger charge is -2.00. The molecule has 0 bridgehead atoms. The summed E-state index contributed by atoms with van der Waals surface area (Å²) in [6.07, 6.45) is 6.52. The van der Waals surface area contributed by atoms with E-state index in [2.05, 4.69) is 32.4 Å². The number of hydrogen-bond donors (Lipinski definition) is 0. The van der Waals surface area contributed by atoms with Gasteiger partial charge < -0.3 is 0 Å². The van der Waals surface area contributed by atoms with Crippen molar-refractivity contribution in [2.24, 2.45) is 5.92 Å². The second-order valence-electron chi connectivity index (χ2n) is 2.14. The van der Waals surface area contributed by atoms with E-state index >= 15 is 0 Å². The zero-order valence-electron chi connectivity index (χ0n) is 6.47. The number of thioether (sulfide) groups is 2. The fourth-order valence-corrected chi connectivity index (χ4v) is 1.97. The molecule has 0 radical (unpaired) electrons. The first-order valence-electron chi connectivity index (χ1n) is 3.00. The van der Waals surface area contributed by atoms with E-state index in [-0.39, 0.29) is 0 Å². The summed E-state index contributed by atoms with van der Waals surface area (Å²) < 4.78 is 1.42. The first-order valence-corrected chi connectivity index (χ1v) is 5.45. The Balaban J connectivity index is 3.75. The van der Waals surface area contributed by atoms with Crippen LogP contribution in [0.4, 0.5) is 0 Å². The predicted molar refractivity (Wildman–Crippen MR) is 50.0 cm³/mol. The lowest BCUT2D eigenvalue weighted by molar-refractivity contribution is 0.832. The average Bonchev–Trinajstić information content (AvgIpc) is 1.82. The average molecular weight is 162 g/mol. The van der Waals surface area contributed by atoms with Crippen molar-refractivity contribution in [2.45, 2.75) is 13.8 Å². The molecule has 0 heterocycles. The Morgan fingerprint density at radius 1 is 1.22 bits per heavy atom. The van der Waals surface area contributed by atoms with Crippen molar-refractivity contribution in [3.05, 3.63) is 10.3 Å². The van der Waals surface area contributed by atoms with Crippen LogP contribution in [0.25, 0.3) is 0 Å². The fraction of sp³-hybridized carbons (Fsp3) is 0.714. The summed E-state index contributed by atoms with van der Waals surface area (Å²) in [5.41, 5.74) is 0. The van der Waals surface area contributed by atoms with Gasteiger partial charge in [0.1, 0.15) is 0 Å². The highest BCUT2D eigenvalue weighted by atomic mass is 32.2. The second-order valence-corrected chi connectivity index (χ2v) is 4.09. The minimum Gasteiger partial charge on any atom is -0.123 e. The van der Waals surface area contributed by atoms with Crippen molar-refractivity contribution in [3.8, 4) is 0 Å². The Morgan fingerprint density at radius 2 is 1.67 bits per heavy atom. The fourth-order valence-electron chi connectivity index (χ4n) is 0.492. The Hall–Kier alpha value is 0.440. The maximum absolute atomic E-state index is 2.29. The van der Waals surface area contributed by atoms with Crippen molar-refractivity contribution in [1.29, 1.82) is 0 Å². The van der Waals surface area contributed by atoms with E-state index in [4.69, 9.17) is 0 Å². The van der Waals surface area contributed by atoms with Crippen LogP contribution in [-0.2, 0) is 0 Å². The van der Waals surface area contributed by atoms with E-state index in [1.54, 1.807) is 0 Å². The van der Waals surface area contributed by atoms with Gasteiger partial charge in [0.2, 0.25) is 0 Å². The van der Waals surface area contributed by atoms with E-state index in [1.807, 2.05) is 23.5 Å². The third-order valence-corrected chi connectivity index (χ3v) is 2.95. The molecule has 0 fully saturated rings. The molecule has 0 aromatic heterocycles. The summed E-state index contributed by atoms with van der Waals surface area (Å²) in [6.45, 7) is 4.40. The van der Waals surface area contributed by atoms with Crippen molar-refractivity contribution in [3.63, 3.8) is 0 Å². The topological polar surface area (TPSA) is 0 Å². The Bertz CT molecular complexity index is 89.1. The van der Waals surface area contributed by atoms with Crippen LogP contribution in [0.1, 0.15) is 13.8 Å². The molecule has 0 aliphatic rings. The summed E-state index contributed by atoms with van der Waals surface area (Å²) in [5, 5.41) is 0. The van der Waals surface area contributed by atoms with Gasteiger partial charge in [-0.25, -0.2) is 0 Å². The van der Waals surface area contributed by atoms with Gasteiger partial charge in [0.25, 0.3) is 0 Å². The van der Waals surface area contributed by atoms with Gasteiger partial charge in [0.15, 0.2) is 0 Å². The van der Waals surface area contributed by atoms with Crippen LogP contribution >= 0.6 is 23.5 Å². The molecule has 0 atom stereocenters. The third-order valence-electron chi connectivity index (χ3n) is 0.872. The molecular weight excluding hydrogens is 148 g/mol. The molecular formula is C7H14S2. The van der Waals surface area contributed by atoms with Gasteiger partial charge in [0.05, 0.1) is 0 Å². The normalized spacial score (nSPS) is 9.89. The first-order chi connectivity index (χ1) is 4.20. The Labute approximate surface area is 66.5 Å². The highest BCUT2D eigenvalue weighted by Crippen LogP contribution is 2.24. The van der Waals surface area contributed by atoms with E-state index in [0.29, 0.717) is 5.92 Å². The van der Waals surface area contributed by atoms with E-state index < -0.39 is 0 Å². The molecule has 9 heavy (non-hydrogen) atoms. The van der Waals surface area contributed by atoms with Crippen LogP contribution < -0.4 is 0 Å². The van der Waals surface area contributed by atoms with Crippen molar-refractivity contribution >= 4 is 23.5 Å². The van der Waals surface area contributed by atoms with Crippen LogP contribution in [0, 0.1) is 5.92 Å². The third kappa shape index (κ3) is 4.91. The molecule has 0 unspecified atom stereocenters. The SMILES string of the molecule is CSC(=CC(C)C)SC. The lowest BCUT2D eigenvalue weighted by Crippen LogP contribution is -1.78. The van der Waals surface area contributed by atoms with Crippen molar-refractivity contribution in [1.82, 2.24) is 0 Å². The maximum atomic E-state index is 2.29. The molecule has 54 valence electrons. The number of hydrogen-bond acceptors (Lipinski definition) is 2. The summed E-state index contributed by atoms with van der Waals surface area (Å²) in [4.78, 5) is 0. The van der Waals surface area contributed by atoms with Gasteiger partial charge in [-0.1, -0.05) is 19.9 Å². The second kappa shape index (κ2) is 5.24. The Morgan fingerprint density at radius 3 is 1.78 bits per heavy atom. The van der Waals surface area contributed by atoms with Crippen LogP contribution in [0.15, 0.2) is 10.3 Å². The Kier molecular flexibility index (Phi) is 5.50. The zero-order valence-corrected chi connectivity index (χ0v) is 8.10. The molecule has 2 heteroatoms. The highest BCUT2D eigenvalue weighted by molar-refractivity contribution is 8.21. The molecule has 0 aliphatic carbocycles. The molecule has 0 saturated carbocycles. The molecule has 0 nitrogen and oxygen atoms in total. The quantitative estimate of drug-likeness (QED) is 0.625. The minimum absolute atomic E-state index is 0.680. The van der Waals surface area contributed by atoms with Gasteiger partial charge in [-0.05, 0) is 18.4 Å². The number of allylic oxidation sites excluding steroid dienone is 1. The van der Waals surface area contributed by atoms with Gasteiger partial charge in [-0.15, -0.1) is 23.5 Å². The molecule has 0 amide bonds. The van der Waals surface area contributed by atoms with E-state index in [1.165, 1.54) is 4.24 Å².